The lowest BCUT2D eigenvalue weighted by Gasteiger charge is -2.11. The van der Waals surface area contributed by atoms with Crippen LogP contribution >= 0.6 is 0 Å². The number of nitrogen functional groups attached to an aromatic ring is 2. The van der Waals surface area contributed by atoms with Crippen molar-refractivity contribution in [2.45, 2.75) is 26.2 Å². The molecule has 4 N–H and O–H groups in total. The van der Waals surface area contributed by atoms with Crippen LogP contribution in [0.25, 0.3) is 0 Å². The van der Waals surface area contributed by atoms with Gasteiger partial charge in [-0.15, -0.1) is 0 Å². The molecule has 118 valence electrons. The van der Waals surface area contributed by atoms with Crippen LogP contribution in [0.5, 0.6) is 11.5 Å². The SMILES string of the molecule is Cc1c(N)cccc1OCCCCCOc1ccccc1N. The molecule has 0 heterocycles. The highest BCUT2D eigenvalue weighted by molar-refractivity contribution is 5.53. The van der Waals surface area contributed by atoms with Gasteiger partial charge in [0.1, 0.15) is 11.5 Å². The summed E-state index contributed by atoms with van der Waals surface area (Å²) in [5.74, 6) is 1.63. The van der Waals surface area contributed by atoms with Gasteiger partial charge in [0.05, 0.1) is 18.9 Å². The van der Waals surface area contributed by atoms with Gasteiger partial charge in [0.15, 0.2) is 0 Å². The molecule has 0 unspecified atom stereocenters. The van der Waals surface area contributed by atoms with E-state index in [0.29, 0.717) is 18.9 Å². The van der Waals surface area contributed by atoms with Crippen molar-refractivity contribution in [1.29, 1.82) is 0 Å². The fourth-order valence-corrected chi connectivity index (χ4v) is 2.14. The lowest BCUT2D eigenvalue weighted by molar-refractivity contribution is 0.279. The van der Waals surface area contributed by atoms with Crippen LogP contribution in [0, 0.1) is 6.92 Å². The maximum Gasteiger partial charge on any atom is 0.142 e. The first-order valence-corrected chi connectivity index (χ1v) is 7.63. The van der Waals surface area contributed by atoms with Crippen molar-refractivity contribution >= 4 is 11.4 Å². The largest absolute Gasteiger partial charge is 0.493 e. The molecule has 0 aliphatic carbocycles. The zero-order valence-corrected chi connectivity index (χ0v) is 13.0. The molecule has 4 heteroatoms. The quantitative estimate of drug-likeness (QED) is 0.575. The molecule has 0 saturated carbocycles. The Labute approximate surface area is 132 Å². The Morgan fingerprint density at radius 2 is 1.32 bits per heavy atom. The number of anilines is 2. The molecule has 0 aromatic heterocycles. The first-order chi connectivity index (χ1) is 10.7. The predicted octanol–water partition coefficient (Wildman–Crippen LogP) is 3.79. The minimum atomic E-state index is 0.672. The number of unbranched alkanes of at least 4 members (excludes halogenated alkanes) is 2. The van der Waals surface area contributed by atoms with Crippen molar-refractivity contribution in [1.82, 2.24) is 0 Å². The van der Waals surface area contributed by atoms with E-state index in [-0.39, 0.29) is 0 Å². The Morgan fingerprint density at radius 3 is 2.05 bits per heavy atom. The van der Waals surface area contributed by atoms with Crippen LogP contribution in [0.15, 0.2) is 42.5 Å². The van der Waals surface area contributed by atoms with Crippen molar-refractivity contribution in [3.8, 4) is 11.5 Å². The highest BCUT2D eigenvalue weighted by Crippen LogP contribution is 2.23. The fraction of sp³-hybridized carbons (Fsp3) is 0.333. The normalized spacial score (nSPS) is 10.4. The van der Waals surface area contributed by atoms with Crippen LogP contribution in [0.1, 0.15) is 24.8 Å². The van der Waals surface area contributed by atoms with Crippen molar-refractivity contribution in [2.75, 3.05) is 24.7 Å². The van der Waals surface area contributed by atoms with E-state index in [4.69, 9.17) is 20.9 Å². The van der Waals surface area contributed by atoms with Crippen LogP contribution in [0.4, 0.5) is 11.4 Å². The Bertz CT molecular complexity index is 599. The average molecular weight is 300 g/mol. The topological polar surface area (TPSA) is 70.5 Å². The molecule has 2 aromatic rings. The molecule has 0 aliphatic rings. The fourth-order valence-electron chi connectivity index (χ4n) is 2.14. The summed E-state index contributed by atoms with van der Waals surface area (Å²) in [6, 6.07) is 13.3. The van der Waals surface area contributed by atoms with Gasteiger partial charge >= 0.3 is 0 Å². The maximum absolute atomic E-state index is 5.85. The standard InChI is InChI=1S/C18H24N2O2/c1-14-15(19)9-7-11-17(14)21-12-5-2-6-13-22-18-10-4-3-8-16(18)20/h3-4,7-11H,2,5-6,12-13,19-20H2,1H3. The van der Waals surface area contributed by atoms with E-state index in [9.17, 15) is 0 Å². The van der Waals surface area contributed by atoms with Gasteiger partial charge in [-0.25, -0.2) is 0 Å². The molecule has 22 heavy (non-hydrogen) atoms. The lowest BCUT2D eigenvalue weighted by Crippen LogP contribution is -2.03. The Morgan fingerprint density at radius 1 is 0.727 bits per heavy atom. The molecule has 0 spiro atoms. The number of nitrogens with two attached hydrogens (primary N) is 2. The van der Waals surface area contributed by atoms with E-state index in [1.165, 1.54) is 0 Å². The van der Waals surface area contributed by atoms with E-state index < -0.39 is 0 Å². The van der Waals surface area contributed by atoms with Crippen LogP contribution in [-0.2, 0) is 0 Å². The maximum atomic E-state index is 5.85. The number of hydrogen-bond donors (Lipinski definition) is 2. The second-order valence-electron chi connectivity index (χ2n) is 5.27. The number of benzene rings is 2. The molecule has 0 atom stereocenters. The van der Waals surface area contributed by atoms with Crippen LogP contribution in [0.3, 0.4) is 0 Å². The third-order valence-corrected chi connectivity index (χ3v) is 3.55. The smallest absolute Gasteiger partial charge is 0.142 e. The number of para-hydroxylation sites is 2. The average Bonchev–Trinajstić information content (AvgIpc) is 2.52. The molecule has 0 radical (unpaired) electrons. The number of ether oxygens (including phenoxy) is 2. The Kier molecular flexibility index (Phi) is 5.95. The second kappa shape index (κ2) is 8.17. The molecule has 0 fully saturated rings. The van der Waals surface area contributed by atoms with Gasteiger partial charge in [-0.05, 0) is 50.5 Å². The molecule has 4 nitrogen and oxygen atoms in total. The van der Waals surface area contributed by atoms with E-state index >= 15 is 0 Å². The van der Waals surface area contributed by atoms with Crippen molar-refractivity contribution < 1.29 is 9.47 Å². The van der Waals surface area contributed by atoms with Gasteiger partial charge in [0.25, 0.3) is 0 Å². The molecule has 2 aromatic carbocycles. The summed E-state index contributed by atoms with van der Waals surface area (Å²) in [4.78, 5) is 0. The van der Waals surface area contributed by atoms with E-state index in [2.05, 4.69) is 0 Å². The van der Waals surface area contributed by atoms with E-state index in [1.807, 2.05) is 49.4 Å². The van der Waals surface area contributed by atoms with Gasteiger partial charge < -0.3 is 20.9 Å². The number of rotatable bonds is 8. The monoisotopic (exact) mass is 300 g/mol. The first kappa shape index (κ1) is 16.0. The summed E-state index contributed by atoms with van der Waals surface area (Å²) >= 11 is 0. The molecule has 0 bridgehead atoms. The summed E-state index contributed by atoms with van der Waals surface area (Å²) in [5.41, 5.74) is 14.1. The highest BCUT2D eigenvalue weighted by atomic mass is 16.5. The van der Waals surface area contributed by atoms with E-state index in [0.717, 1.165) is 42.0 Å². The van der Waals surface area contributed by atoms with Gasteiger partial charge in [-0.1, -0.05) is 18.2 Å². The third-order valence-electron chi connectivity index (χ3n) is 3.55. The van der Waals surface area contributed by atoms with Crippen LogP contribution in [-0.4, -0.2) is 13.2 Å². The summed E-state index contributed by atoms with van der Waals surface area (Å²) in [6.45, 7) is 3.34. The zero-order valence-electron chi connectivity index (χ0n) is 13.0. The third kappa shape index (κ3) is 4.58. The molecule has 0 amide bonds. The van der Waals surface area contributed by atoms with Crippen molar-refractivity contribution in [3.05, 3.63) is 48.0 Å². The summed E-state index contributed by atoms with van der Waals surface area (Å²) < 4.78 is 11.4. The van der Waals surface area contributed by atoms with Crippen LogP contribution < -0.4 is 20.9 Å². The molecular formula is C18H24N2O2. The molecular weight excluding hydrogens is 276 g/mol. The van der Waals surface area contributed by atoms with Crippen LogP contribution in [0.2, 0.25) is 0 Å². The van der Waals surface area contributed by atoms with E-state index in [1.54, 1.807) is 0 Å². The minimum absolute atomic E-state index is 0.672. The Hall–Kier alpha value is -2.36. The second-order valence-corrected chi connectivity index (χ2v) is 5.27. The van der Waals surface area contributed by atoms with Gasteiger partial charge in [-0.2, -0.15) is 0 Å². The highest BCUT2D eigenvalue weighted by Gasteiger charge is 2.02. The summed E-state index contributed by atoms with van der Waals surface area (Å²) in [5, 5.41) is 0. The van der Waals surface area contributed by atoms with Gasteiger partial charge in [0.2, 0.25) is 0 Å². The lowest BCUT2D eigenvalue weighted by atomic mass is 10.2. The summed E-state index contributed by atoms with van der Waals surface area (Å²) in [6.07, 6.45) is 3.02. The van der Waals surface area contributed by atoms with Crippen molar-refractivity contribution in [2.24, 2.45) is 0 Å². The molecule has 0 aliphatic heterocycles. The predicted molar refractivity (Wildman–Crippen MR) is 91.3 cm³/mol. The first-order valence-electron chi connectivity index (χ1n) is 7.63. The zero-order chi connectivity index (χ0) is 15.8. The van der Waals surface area contributed by atoms with Gasteiger partial charge in [0, 0.05) is 11.3 Å². The van der Waals surface area contributed by atoms with Crippen molar-refractivity contribution in [3.63, 3.8) is 0 Å². The molecule has 2 rings (SSSR count). The number of hydrogen-bond acceptors (Lipinski definition) is 4. The molecule has 0 saturated heterocycles. The Balaban J connectivity index is 1.60. The van der Waals surface area contributed by atoms with Gasteiger partial charge in [-0.3, -0.25) is 0 Å². The summed E-state index contributed by atoms with van der Waals surface area (Å²) in [7, 11) is 0. The minimum Gasteiger partial charge on any atom is -0.493 e.